The Morgan fingerprint density at radius 2 is 1.50 bits per heavy atom. The molecule has 0 saturated carbocycles. The maximum Gasteiger partial charge on any atom is 0.378 e. The van der Waals surface area contributed by atoms with Gasteiger partial charge in [-0.25, -0.2) is 10.2 Å². The average molecular weight is 296 g/mol. The Labute approximate surface area is 130 Å². The molecule has 0 bridgehead atoms. The van der Waals surface area contributed by atoms with Crippen LogP contribution in [0, 0.1) is 27.7 Å². The highest BCUT2D eigenvalue weighted by molar-refractivity contribution is 5.76. The summed E-state index contributed by atoms with van der Waals surface area (Å²) in [5.74, 6) is 0. The van der Waals surface area contributed by atoms with E-state index in [0.29, 0.717) is 5.69 Å². The van der Waals surface area contributed by atoms with Crippen molar-refractivity contribution in [2.75, 3.05) is 5.43 Å². The number of aryl methyl sites for hydroxylation is 4. The Morgan fingerprint density at radius 3 is 2.14 bits per heavy atom. The normalized spacial score (nSPS) is 10.7. The van der Waals surface area contributed by atoms with E-state index in [1.807, 2.05) is 64.1 Å². The molecule has 22 heavy (non-hydrogen) atoms. The zero-order valence-electron chi connectivity index (χ0n) is 13.3. The molecule has 0 saturated heterocycles. The number of benzene rings is 2. The summed E-state index contributed by atoms with van der Waals surface area (Å²) in [5, 5.41) is 7.56. The molecule has 2 rings (SSSR count). The molecule has 0 radical (unpaired) electrons. The van der Waals surface area contributed by atoms with E-state index in [2.05, 4.69) is 21.1 Å². The first kappa shape index (κ1) is 15.7. The van der Waals surface area contributed by atoms with E-state index < -0.39 is 6.03 Å². The standard InChI is InChI=1S/C17H20N4O/c1-11-5-7-15(9-13(11)3)18-20-17(22)21-19-16-8-6-12(2)14(4)10-16/h5-10,18H,1-4H3,(H,20,22). The maximum absolute atomic E-state index is 11.7. The molecular formula is C17H20N4O. The summed E-state index contributed by atoms with van der Waals surface area (Å²) in [5.41, 5.74) is 11.4. The lowest BCUT2D eigenvalue weighted by atomic mass is 10.1. The van der Waals surface area contributed by atoms with E-state index in [4.69, 9.17) is 0 Å². The molecule has 5 nitrogen and oxygen atoms in total. The van der Waals surface area contributed by atoms with E-state index in [0.717, 1.165) is 16.8 Å². The highest BCUT2D eigenvalue weighted by atomic mass is 16.2. The van der Waals surface area contributed by atoms with E-state index in [9.17, 15) is 4.79 Å². The van der Waals surface area contributed by atoms with Gasteiger partial charge in [0.15, 0.2) is 0 Å². The SMILES string of the molecule is Cc1ccc(N=NC(=O)NNc2ccc(C)c(C)c2)cc1C. The Morgan fingerprint density at radius 1 is 0.864 bits per heavy atom. The van der Waals surface area contributed by atoms with Crippen LogP contribution in [0.2, 0.25) is 0 Å². The van der Waals surface area contributed by atoms with Crippen molar-refractivity contribution in [1.29, 1.82) is 0 Å². The maximum atomic E-state index is 11.7. The Balaban J connectivity index is 1.93. The summed E-state index contributed by atoms with van der Waals surface area (Å²) >= 11 is 0. The number of nitrogens with one attached hydrogen (secondary N) is 2. The van der Waals surface area contributed by atoms with Gasteiger partial charge >= 0.3 is 6.03 Å². The summed E-state index contributed by atoms with van der Waals surface area (Å²) in [4.78, 5) is 11.7. The molecule has 114 valence electrons. The first-order valence-corrected chi connectivity index (χ1v) is 7.08. The van der Waals surface area contributed by atoms with Crippen LogP contribution in [0.15, 0.2) is 46.6 Å². The number of carbonyl (C=O) groups excluding carboxylic acids is 1. The monoisotopic (exact) mass is 296 g/mol. The predicted octanol–water partition coefficient (Wildman–Crippen LogP) is 4.74. The number of anilines is 1. The second-order valence-electron chi connectivity index (χ2n) is 5.32. The number of urea groups is 1. The summed E-state index contributed by atoms with van der Waals surface area (Å²) < 4.78 is 0. The van der Waals surface area contributed by atoms with Crippen molar-refractivity contribution in [3.63, 3.8) is 0 Å². The van der Waals surface area contributed by atoms with Crippen LogP contribution in [-0.4, -0.2) is 6.03 Å². The highest BCUT2D eigenvalue weighted by Crippen LogP contribution is 2.17. The molecule has 0 fully saturated rings. The zero-order chi connectivity index (χ0) is 16.1. The highest BCUT2D eigenvalue weighted by Gasteiger charge is 2.00. The van der Waals surface area contributed by atoms with Gasteiger partial charge in [-0.3, -0.25) is 5.43 Å². The van der Waals surface area contributed by atoms with Gasteiger partial charge < -0.3 is 0 Å². The molecule has 2 aromatic carbocycles. The van der Waals surface area contributed by atoms with Gasteiger partial charge in [0.1, 0.15) is 0 Å². The van der Waals surface area contributed by atoms with E-state index in [1.165, 1.54) is 11.1 Å². The Hall–Kier alpha value is -2.69. The van der Waals surface area contributed by atoms with Gasteiger partial charge in [-0.1, -0.05) is 17.2 Å². The summed E-state index contributed by atoms with van der Waals surface area (Å²) in [6, 6.07) is 11.0. The molecule has 0 unspecified atom stereocenters. The van der Waals surface area contributed by atoms with Crippen molar-refractivity contribution >= 4 is 17.4 Å². The Kier molecular flexibility index (Phi) is 4.88. The fraction of sp³-hybridized carbons (Fsp3) is 0.235. The number of hydrogen-bond donors (Lipinski definition) is 2. The third-order valence-corrected chi connectivity index (χ3v) is 3.57. The van der Waals surface area contributed by atoms with Crippen LogP contribution in [0.25, 0.3) is 0 Å². The minimum absolute atomic E-state index is 0.545. The number of hydrogen-bond acceptors (Lipinski definition) is 3. The molecule has 0 aliphatic heterocycles. The van der Waals surface area contributed by atoms with Gasteiger partial charge in [-0.2, -0.15) is 0 Å². The summed E-state index contributed by atoms with van der Waals surface area (Å²) in [7, 11) is 0. The molecule has 0 aromatic heterocycles. The second kappa shape index (κ2) is 6.85. The third kappa shape index (κ3) is 4.15. The lowest BCUT2D eigenvalue weighted by Crippen LogP contribution is -2.26. The third-order valence-electron chi connectivity index (χ3n) is 3.57. The van der Waals surface area contributed by atoms with E-state index in [-0.39, 0.29) is 0 Å². The van der Waals surface area contributed by atoms with Crippen molar-refractivity contribution < 1.29 is 4.79 Å². The van der Waals surface area contributed by atoms with Gasteiger partial charge in [-0.05, 0) is 74.2 Å². The van der Waals surface area contributed by atoms with Crippen LogP contribution < -0.4 is 10.9 Å². The van der Waals surface area contributed by atoms with Crippen LogP contribution in [0.3, 0.4) is 0 Å². The van der Waals surface area contributed by atoms with Crippen molar-refractivity contribution in [3.05, 3.63) is 58.7 Å². The van der Waals surface area contributed by atoms with Gasteiger partial charge in [-0.15, -0.1) is 5.11 Å². The first-order chi connectivity index (χ1) is 10.5. The molecule has 0 atom stereocenters. The van der Waals surface area contributed by atoms with Crippen molar-refractivity contribution in [1.82, 2.24) is 5.43 Å². The topological polar surface area (TPSA) is 65.8 Å². The Bertz CT molecular complexity index is 723. The number of nitrogens with zero attached hydrogens (tertiary/aromatic N) is 2. The summed E-state index contributed by atoms with van der Waals surface area (Å²) in [6.45, 7) is 8.07. The molecular weight excluding hydrogens is 276 g/mol. The van der Waals surface area contributed by atoms with Crippen molar-refractivity contribution in [3.8, 4) is 0 Å². The quantitative estimate of drug-likeness (QED) is 0.634. The molecule has 0 aliphatic rings. The van der Waals surface area contributed by atoms with Gasteiger partial charge in [0.05, 0.1) is 11.4 Å². The fourth-order valence-electron chi connectivity index (χ4n) is 1.86. The lowest BCUT2D eigenvalue weighted by molar-refractivity contribution is 0.249. The van der Waals surface area contributed by atoms with Crippen LogP contribution >= 0.6 is 0 Å². The van der Waals surface area contributed by atoms with Crippen molar-refractivity contribution in [2.45, 2.75) is 27.7 Å². The average Bonchev–Trinajstić information content (AvgIpc) is 2.49. The fourth-order valence-corrected chi connectivity index (χ4v) is 1.86. The first-order valence-electron chi connectivity index (χ1n) is 7.08. The molecule has 0 spiro atoms. The largest absolute Gasteiger partial charge is 0.378 e. The molecule has 5 heteroatoms. The number of azo groups is 1. The summed E-state index contributed by atoms with van der Waals surface area (Å²) in [6.07, 6.45) is 0. The van der Waals surface area contributed by atoms with Gasteiger partial charge in [0.2, 0.25) is 0 Å². The van der Waals surface area contributed by atoms with E-state index >= 15 is 0 Å². The van der Waals surface area contributed by atoms with Crippen LogP contribution in [0.5, 0.6) is 0 Å². The molecule has 0 heterocycles. The number of amides is 2. The van der Waals surface area contributed by atoms with Crippen LogP contribution in [-0.2, 0) is 0 Å². The molecule has 0 aliphatic carbocycles. The number of carbonyl (C=O) groups is 1. The minimum Gasteiger partial charge on any atom is -0.297 e. The van der Waals surface area contributed by atoms with Crippen LogP contribution in [0.1, 0.15) is 22.3 Å². The molecule has 2 aromatic rings. The molecule has 2 N–H and O–H groups in total. The predicted molar refractivity (Wildman–Crippen MR) is 88.5 cm³/mol. The van der Waals surface area contributed by atoms with Crippen LogP contribution in [0.4, 0.5) is 16.2 Å². The number of rotatable bonds is 3. The van der Waals surface area contributed by atoms with Gasteiger partial charge in [0.25, 0.3) is 0 Å². The smallest absolute Gasteiger partial charge is 0.297 e. The van der Waals surface area contributed by atoms with Gasteiger partial charge in [0, 0.05) is 0 Å². The molecule has 2 amide bonds. The minimum atomic E-state index is -0.545. The number of hydrazine groups is 1. The zero-order valence-corrected chi connectivity index (χ0v) is 13.3. The van der Waals surface area contributed by atoms with Crippen molar-refractivity contribution in [2.24, 2.45) is 10.2 Å². The lowest BCUT2D eigenvalue weighted by Gasteiger charge is -2.07. The second-order valence-corrected chi connectivity index (χ2v) is 5.32. The van der Waals surface area contributed by atoms with E-state index in [1.54, 1.807) is 0 Å².